The van der Waals surface area contributed by atoms with Gasteiger partial charge in [-0.2, -0.15) is 15.0 Å². The number of amides is 1. The quantitative estimate of drug-likeness (QED) is 0.390. The van der Waals surface area contributed by atoms with Gasteiger partial charge in [0, 0.05) is 18.2 Å². The van der Waals surface area contributed by atoms with E-state index in [1.165, 1.54) is 18.0 Å². The van der Waals surface area contributed by atoms with Crippen LogP contribution in [0.5, 0.6) is 5.75 Å². The molecule has 0 spiro atoms. The van der Waals surface area contributed by atoms with Crippen molar-refractivity contribution in [2.45, 2.75) is 33.6 Å². The van der Waals surface area contributed by atoms with Gasteiger partial charge in [0.05, 0.1) is 24.4 Å². The molecule has 4 aromatic rings. The van der Waals surface area contributed by atoms with Crippen molar-refractivity contribution in [2.24, 2.45) is 0 Å². The lowest BCUT2D eigenvalue weighted by Crippen LogP contribution is -2.17. The number of hydrogen-bond donors (Lipinski definition) is 1. The SMILES string of the molecule is COc1ccc(C)cc1C(=O)CCC(=O)Nc1c(C#N)cnn1-c1cc(C)c2cccc(C)c2n1. The van der Waals surface area contributed by atoms with E-state index in [0.717, 1.165) is 27.6 Å². The minimum atomic E-state index is -0.406. The number of pyridine rings is 1. The number of aryl methyl sites for hydroxylation is 3. The molecule has 0 saturated carbocycles. The van der Waals surface area contributed by atoms with Gasteiger partial charge >= 0.3 is 0 Å². The maximum atomic E-state index is 12.8. The molecule has 8 heteroatoms. The Bertz CT molecular complexity index is 1500. The Balaban J connectivity index is 1.58. The Kier molecular flexibility index (Phi) is 6.60. The number of hydrogen-bond acceptors (Lipinski definition) is 6. The van der Waals surface area contributed by atoms with E-state index in [2.05, 4.69) is 16.5 Å². The van der Waals surface area contributed by atoms with Crippen LogP contribution in [0.4, 0.5) is 5.82 Å². The molecule has 0 fully saturated rings. The fourth-order valence-corrected chi connectivity index (χ4v) is 3.97. The number of ether oxygens (including phenoxy) is 1. The monoisotopic (exact) mass is 467 g/mol. The molecular weight excluding hydrogens is 442 g/mol. The highest BCUT2D eigenvalue weighted by molar-refractivity contribution is 6.02. The molecule has 0 radical (unpaired) electrons. The fraction of sp³-hybridized carbons (Fsp3) is 0.222. The molecule has 35 heavy (non-hydrogen) atoms. The van der Waals surface area contributed by atoms with Gasteiger partial charge in [0.15, 0.2) is 17.4 Å². The largest absolute Gasteiger partial charge is 0.496 e. The first kappa shape index (κ1) is 23.6. The predicted molar refractivity (Wildman–Crippen MR) is 133 cm³/mol. The molecule has 2 heterocycles. The summed E-state index contributed by atoms with van der Waals surface area (Å²) in [7, 11) is 1.50. The van der Waals surface area contributed by atoms with E-state index in [1.807, 2.05) is 51.1 Å². The summed E-state index contributed by atoms with van der Waals surface area (Å²) in [6, 6.07) is 15.2. The lowest BCUT2D eigenvalue weighted by molar-refractivity contribution is -0.116. The van der Waals surface area contributed by atoms with Crippen molar-refractivity contribution >= 4 is 28.4 Å². The van der Waals surface area contributed by atoms with Crippen molar-refractivity contribution in [3.63, 3.8) is 0 Å². The number of ketones is 1. The second-order valence-electron chi connectivity index (χ2n) is 8.37. The summed E-state index contributed by atoms with van der Waals surface area (Å²) in [5.74, 6) is 0.576. The smallest absolute Gasteiger partial charge is 0.226 e. The lowest BCUT2D eigenvalue weighted by atomic mass is 10.0. The molecule has 1 amide bonds. The summed E-state index contributed by atoms with van der Waals surface area (Å²) in [5, 5.41) is 17.6. The van der Waals surface area contributed by atoms with E-state index >= 15 is 0 Å². The number of nitriles is 1. The number of anilines is 1. The summed E-state index contributed by atoms with van der Waals surface area (Å²) in [6.07, 6.45) is 1.32. The highest BCUT2D eigenvalue weighted by Gasteiger charge is 2.19. The predicted octanol–water partition coefficient (Wildman–Crippen LogP) is 4.83. The van der Waals surface area contributed by atoms with Gasteiger partial charge in [-0.05, 0) is 50.1 Å². The van der Waals surface area contributed by atoms with Crippen molar-refractivity contribution in [1.82, 2.24) is 14.8 Å². The van der Waals surface area contributed by atoms with Crippen LogP contribution in [0.15, 0.2) is 48.7 Å². The zero-order chi connectivity index (χ0) is 25.1. The standard InChI is InChI=1S/C27H25N5O3/c1-16-8-10-23(35-4)21(12-16)22(33)9-11-25(34)31-27-19(14-28)15-29-32(27)24-13-18(3)20-7-5-6-17(2)26(20)30-24/h5-8,10,12-13,15H,9,11H2,1-4H3,(H,31,34). The Morgan fingerprint density at radius 3 is 2.63 bits per heavy atom. The molecule has 0 aliphatic heterocycles. The third kappa shape index (κ3) is 4.75. The number of aromatic nitrogens is 3. The summed E-state index contributed by atoms with van der Waals surface area (Å²) >= 11 is 0. The Morgan fingerprint density at radius 1 is 1.09 bits per heavy atom. The summed E-state index contributed by atoms with van der Waals surface area (Å²) in [4.78, 5) is 30.3. The van der Waals surface area contributed by atoms with Crippen LogP contribution < -0.4 is 10.1 Å². The zero-order valence-electron chi connectivity index (χ0n) is 20.0. The van der Waals surface area contributed by atoms with Crippen molar-refractivity contribution < 1.29 is 14.3 Å². The van der Waals surface area contributed by atoms with Gasteiger partial charge in [0.25, 0.3) is 0 Å². The maximum Gasteiger partial charge on any atom is 0.226 e. The van der Waals surface area contributed by atoms with Crippen molar-refractivity contribution in [2.75, 3.05) is 12.4 Å². The van der Waals surface area contributed by atoms with Crippen LogP contribution in [0.3, 0.4) is 0 Å². The summed E-state index contributed by atoms with van der Waals surface area (Å²) in [6.45, 7) is 5.84. The highest BCUT2D eigenvalue weighted by atomic mass is 16.5. The molecule has 8 nitrogen and oxygen atoms in total. The van der Waals surface area contributed by atoms with Gasteiger partial charge in [-0.3, -0.25) is 9.59 Å². The number of nitrogens with one attached hydrogen (secondary N) is 1. The van der Waals surface area contributed by atoms with Crippen LogP contribution in [0.1, 0.15) is 45.5 Å². The molecule has 2 aromatic carbocycles. The van der Waals surface area contributed by atoms with Crippen molar-refractivity contribution in [3.8, 4) is 17.6 Å². The molecule has 0 atom stereocenters. The summed E-state index contributed by atoms with van der Waals surface area (Å²) < 4.78 is 6.73. The normalized spacial score (nSPS) is 10.7. The number of rotatable bonds is 7. The molecule has 0 saturated heterocycles. The van der Waals surface area contributed by atoms with Crippen molar-refractivity contribution in [3.05, 3.63) is 76.5 Å². The highest BCUT2D eigenvalue weighted by Crippen LogP contribution is 2.26. The van der Waals surface area contributed by atoms with E-state index in [0.29, 0.717) is 17.1 Å². The Labute approximate surface area is 203 Å². The maximum absolute atomic E-state index is 12.8. The van der Waals surface area contributed by atoms with E-state index in [4.69, 9.17) is 9.72 Å². The van der Waals surface area contributed by atoms with E-state index in [9.17, 15) is 14.9 Å². The van der Waals surface area contributed by atoms with Crippen LogP contribution in [-0.4, -0.2) is 33.6 Å². The molecule has 0 bridgehead atoms. The molecule has 0 unspecified atom stereocenters. The Morgan fingerprint density at radius 2 is 1.89 bits per heavy atom. The molecule has 0 aliphatic carbocycles. The number of para-hydroxylation sites is 1. The zero-order valence-corrected chi connectivity index (χ0v) is 20.0. The third-order valence-corrected chi connectivity index (χ3v) is 5.83. The van der Waals surface area contributed by atoms with E-state index < -0.39 is 5.91 Å². The first-order valence-electron chi connectivity index (χ1n) is 11.2. The van der Waals surface area contributed by atoms with E-state index in [-0.39, 0.29) is 30.0 Å². The van der Waals surface area contributed by atoms with Crippen LogP contribution in [0.25, 0.3) is 16.7 Å². The van der Waals surface area contributed by atoms with Gasteiger partial charge in [-0.15, -0.1) is 0 Å². The molecular formula is C27H25N5O3. The van der Waals surface area contributed by atoms with E-state index in [1.54, 1.807) is 12.1 Å². The third-order valence-electron chi connectivity index (χ3n) is 5.83. The second kappa shape index (κ2) is 9.77. The molecule has 176 valence electrons. The fourth-order valence-electron chi connectivity index (χ4n) is 3.97. The number of benzene rings is 2. The molecule has 4 rings (SSSR count). The first-order chi connectivity index (χ1) is 16.8. The molecule has 0 aliphatic rings. The number of nitrogens with zero attached hydrogens (tertiary/aromatic N) is 4. The van der Waals surface area contributed by atoms with Crippen LogP contribution in [0, 0.1) is 32.1 Å². The molecule has 1 N–H and O–H groups in total. The van der Waals surface area contributed by atoms with Crippen LogP contribution >= 0.6 is 0 Å². The second-order valence-corrected chi connectivity index (χ2v) is 8.37. The molecule has 2 aromatic heterocycles. The average molecular weight is 468 g/mol. The topological polar surface area (TPSA) is 110 Å². The van der Waals surface area contributed by atoms with Crippen molar-refractivity contribution in [1.29, 1.82) is 5.26 Å². The van der Waals surface area contributed by atoms with Gasteiger partial charge in [-0.25, -0.2) is 4.98 Å². The summed E-state index contributed by atoms with van der Waals surface area (Å²) in [5.41, 5.74) is 4.40. The number of fused-ring (bicyclic) bond motifs is 1. The van der Waals surface area contributed by atoms with Gasteiger partial charge in [-0.1, -0.05) is 29.8 Å². The van der Waals surface area contributed by atoms with Crippen LogP contribution in [0.2, 0.25) is 0 Å². The minimum Gasteiger partial charge on any atom is -0.496 e. The average Bonchev–Trinajstić information content (AvgIpc) is 3.25. The van der Waals surface area contributed by atoms with Crippen LogP contribution in [-0.2, 0) is 4.79 Å². The first-order valence-corrected chi connectivity index (χ1v) is 11.2. The number of methoxy groups -OCH3 is 1. The number of Topliss-reactive ketones (excluding diaryl/α,β-unsaturated/α-hetero) is 1. The lowest BCUT2D eigenvalue weighted by Gasteiger charge is -2.12. The van der Waals surface area contributed by atoms with Gasteiger partial charge in [0.2, 0.25) is 5.91 Å². The Hall–Kier alpha value is -4.51. The minimum absolute atomic E-state index is 0.00576. The van der Waals surface area contributed by atoms with Gasteiger partial charge < -0.3 is 10.1 Å². The number of carbonyl (C=O) groups excluding carboxylic acids is 2. The number of carbonyl (C=O) groups is 2. The van der Waals surface area contributed by atoms with Gasteiger partial charge in [0.1, 0.15) is 17.4 Å².